The molecule has 0 radical (unpaired) electrons. The maximum Gasteiger partial charge on any atom is 0.224 e. The first-order valence-corrected chi connectivity index (χ1v) is 8.02. The molecule has 0 saturated heterocycles. The first kappa shape index (κ1) is 15.3. The van der Waals surface area contributed by atoms with Crippen LogP contribution >= 0.6 is 0 Å². The Morgan fingerprint density at radius 1 is 1.04 bits per heavy atom. The standard InChI is InChI=1S/C20H22N2O/c1-14-7-9-16(10-8-14)13-20(23)21-12-11-17-15(2)22-19-6-4-3-5-18(17)19/h3-10,22H,11-13H2,1-2H3,(H,21,23). The molecule has 0 saturated carbocycles. The normalized spacial score (nSPS) is 10.9. The minimum atomic E-state index is 0.0753. The first-order chi connectivity index (χ1) is 11.1. The zero-order chi connectivity index (χ0) is 16.2. The average Bonchev–Trinajstić information content (AvgIpc) is 2.86. The van der Waals surface area contributed by atoms with Crippen molar-refractivity contribution in [1.29, 1.82) is 0 Å². The summed E-state index contributed by atoms with van der Waals surface area (Å²) in [7, 11) is 0. The SMILES string of the molecule is Cc1ccc(CC(=O)NCCc2c(C)[nH]c3ccccc23)cc1. The van der Waals surface area contributed by atoms with Crippen molar-refractivity contribution in [3.8, 4) is 0 Å². The van der Waals surface area contributed by atoms with E-state index in [2.05, 4.69) is 35.4 Å². The molecule has 3 nitrogen and oxygen atoms in total. The smallest absolute Gasteiger partial charge is 0.224 e. The lowest BCUT2D eigenvalue weighted by atomic mass is 10.1. The highest BCUT2D eigenvalue weighted by Gasteiger charge is 2.08. The van der Waals surface area contributed by atoms with Gasteiger partial charge in [0.1, 0.15) is 0 Å². The van der Waals surface area contributed by atoms with Crippen molar-refractivity contribution in [2.75, 3.05) is 6.54 Å². The van der Waals surface area contributed by atoms with Gasteiger partial charge in [-0.25, -0.2) is 0 Å². The number of nitrogens with one attached hydrogen (secondary N) is 2. The molecule has 2 N–H and O–H groups in total. The van der Waals surface area contributed by atoms with Gasteiger partial charge in [-0.05, 0) is 37.5 Å². The summed E-state index contributed by atoms with van der Waals surface area (Å²) in [6.07, 6.45) is 1.28. The van der Waals surface area contributed by atoms with E-state index in [1.807, 2.05) is 37.3 Å². The highest BCUT2D eigenvalue weighted by atomic mass is 16.1. The molecule has 0 bridgehead atoms. The molecule has 2 aromatic carbocycles. The van der Waals surface area contributed by atoms with Gasteiger partial charge in [0.05, 0.1) is 6.42 Å². The van der Waals surface area contributed by atoms with Crippen molar-refractivity contribution >= 4 is 16.8 Å². The van der Waals surface area contributed by atoms with Crippen molar-refractivity contribution in [1.82, 2.24) is 10.3 Å². The largest absolute Gasteiger partial charge is 0.358 e. The monoisotopic (exact) mass is 306 g/mol. The lowest BCUT2D eigenvalue weighted by Gasteiger charge is -2.06. The number of carbonyl (C=O) groups is 1. The lowest BCUT2D eigenvalue weighted by molar-refractivity contribution is -0.120. The number of hydrogen-bond donors (Lipinski definition) is 2. The summed E-state index contributed by atoms with van der Waals surface area (Å²) in [6, 6.07) is 16.4. The highest BCUT2D eigenvalue weighted by molar-refractivity contribution is 5.84. The Bertz CT molecular complexity index is 815. The van der Waals surface area contributed by atoms with Crippen molar-refractivity contribution in [2.24, 2.45) is 0 Å². The molecule has 0 aliphatic carbocycles. The Morgan fingerprint density at radius 3 is 2.57 bits per heavy atom. The molecule has 3 heteroatoms. The third-order valence-electron chi connectivity index (χ3n) is 4.21. The predicted octanol–water partition coefficient (Wildman–Crippen LogP) is 3.69. The van der Waals surface area contributed by atoms with E-state index in [4.69, 9.17) is 0 Å². The van der Waals surface area contributed by atoms with Crippen LogP contribution in [0, 0.1) is 13.8 Å². The number of aromatic nitrogens is 1. The molecule has 1 amide bonds. The molecule has 0 aliphatic heterocycles. The Balaban J connectivity index is 1.57. The van der Waals surface area contributed by atoms with Crippen LogP contribution in [-0.2, 0) is 17.6 Å². The van der Waals surface area contributed by atoms with Gasteiger partial charge in [-0.2, -0.15) is 0 Å². The van der Waals surface area contributed by atoms with E-state index in [-0.39, 0.29) is 5.91 Å². The molecule has 1 heterocycles. The Hall–Kier alpha value is -2.55. The van der Waals surface area contributed by atoms with Crippen LogP contribution in [0.15, 0.2) is 48.5 Å². The van der Waals surface area contributed by atoms with E-state index in [1.165, 1.54) is 22.2 Å². The van der Waals surface area contributed by atoms with Gasteiger partial charge in [0.2, 0.25) is 5.91 Å². The summed E-state index contributed by atoms with van der Waals surface area (Å²) in [5.41, 5.74) is 5.89. The van der Waals surface area contributed by atoms with Gasteiger partial charge in [-0.15, -0.1) is 0 Å². The second-order valence-corrected chi connectivity index (χ2v) is 6.04. The molecular weight excluding hydrogens is 284 g/mol. The number of amides is 1. The van der Waals surface area contributed by atoms with Gasteiger partial charge >= 0.3 is 0 Å². The van der Waals surface area contributed by atoms with Gasteiger partial charge in [-0.3, -0.25) is 4.79 Å². The number of H-pyrrole nitrogens is 1. The van der Waals surface area contributed by atoms with E-state index in [0.29, 0.717) is 13.0 Å². The number of benzene rings is 2. The fraction of sp³-hybridized carbons (Fsp3) is 0.250. The number of aromatic amines is 1. The Labute approximate surface area is 136 Å². The number of para-hydroxylation sites is 1. The quantitative estimate of drug-likeness (QED) is 0.742. The molecule has 0 aliphatic rings. The van der Waals surface area contributed by atoms with E-state index < -0.39 is 0 Å². The molecule has 0 fully saturated rings. The van der Waals surface area contributed by atoms with Crippen molar-refractivity contribution in [3.05, 3.63) is 70.9 Å². The third kappa shape index (κ3) is 3.62. The minimum Gasteiger partial charge on any atom is -0.358 e. The van der Waals surface area contributed by atoms with E-state index >= 15 is 0 Å². The van der Waals surface area contributed by atoms with Gasteiger partial charge in [0.15, 0.2) is 0 Å². The van der Waals surface area contributed by atoms with Crippen LogP contribution in [0.4, 0.5) is 0 Å². The average molecular weight is 306 g/mol. The van der Waals surface area contributed by atoms with Crippen LogP contribution in [-0.4, -0.2) is 17.4 Å². The second-order valence-electron chi connectivity index (χ2n) is 6.04. The summed E-state index contributed by atoms with van der Waals surface area (Å²) in [5.74, 6) is 0.0753. The minimum absolute atomic E-state index is 0.0753. The zero-order valence-electron chi connectivity index (χ0n) is 13.6. The van der Waals surface area contributed by atoms with E-state index in [9.17, 15) is 4.79 Å². The zero-order valence-corrected chi connectivity index (χ0v) is 13.6. The van der Waals surface area contributed by atoms with Crippen LogP contribution in [0.5, 0.6) is 0 Å². The van der Waals surface area contributed by atoms with Gasteiger partial charge in [-0.1, -0.05) is 48.0 Å². The summed E-state index contributed by atoms with van der Waals surface area (Å²) in [5, 5.41) is 4.27. The number of fused-ring (bicyclic) bond motifs is 1. The van der Waals surface area contributed by atoms with Gasteiger partial charge < -0.3 is 10.3 Å². The number of carbonyl (C=O) groups excluding carboxylic acids is 1. The maximum absolute atomic E-state index is 12.1. The molecule has 1 aromatic heterocycles. The topological polar surface area (TPSA) is 44.9 Å². The van der Waals surface area contributed by atoms with Crippen LogP contribution in [0.1, 0.15) is 22.4 Å². The Kier molecular flexibility index (Phi) is 4.47. The van der Waals surface area contributed by atoms with Gasteiger partial charge in [0, 0.05) is 23.1 Å². The highest BCUT2D eigenvalue weighted by Crippen LogP contribution is 2.21. The number of rotatable bonds is 5. The lowest BCUT2D eigenvalue weighted by Crippen LogP contribution is -2.27. The molecule has 3 rings (SSSR count). The van der Waals surface area contributed by atoms with Gasteiger partial charge in [0.25, 0.3) is 0 Å². The summed E-state index contributed by atoms with van der Waals surface area (Å²) in [4.78, 5) is 15.5. The summed E-state index contributed by atoms with van der Waals surface area (Å²) < 4.78 is 0. The molecule has 3 aromatic rings. The molecular formula is C20H22N2O. The third-order valence-corrected chi connectivity index (χ3v) is 4.21. The molecule has 0 spiro atoms. The van der Waals surface area contributed by atoms with Crippen LogP contribution < -0.4 is 5.32 Å². The number of hydrogen-bond acceptors (Lipinski definition) is 1. The van der Waals surface area contributed by atoms with Crippen LogP contribution in [0.2, 0.25) is 0 Å². The van der Waals surface area contributed by atoms with Crippen LogP contribution in [0.3, 0.4) is 0 Å². The van der Waals surface area contributed by atoms with Crippen molar-refractivity contribution in [3.63, 3.8) is 0 Å². The Morgan fingerprint density at radius 2 is 1.78 bits per heavy atom. The summed E-state index contributed by atoms with van der Waals surface area (Å²) in [6.45, 7) is 4.80. The maximum atomic E-state index is 12.1. The molecule has 23 heavy (non-hydrogen) atoms. The number of aryl methyl sites for hydroxylation is 2. The molecule has 0 unspecified atom stereocenters. The fourth-order valence-electron chi connectivity index (χ4n) is 2.94. The first-order valence-electron chi connectivity index (χ1n) is 8.02. The fourth-order valence-corrected chi connectivity index (χ4v) is 2.94. The molecule has 0 atom stereocenters. The van der Waals surface area contributed by atoms with E-state index in [0.717, 1.165) is 17.5 Å². The second kappa shape index (κ2) is 6.69. The van der Waals surface area contributed by atoms with E-state index in [1.54, 1.807) is 0 Å². The molecule has 118 valence electrons. The predicted molar refractivity (Wildman–Crippen MR) is 94.6 cm³/mol. The summed E-state index contributed by atoms with van der Waals surface area (Å²) >= 11 is 0. The van der Waals surface area contributed by atoms with Crippen molar-refractivity contribution in [2.45, 2.75) is 26.7 Å². The van der Waals surface area contributed by atoms with Crippen LogP contribution in [0.25, 0.3) is 10.9 Å². The van der Waals surface area contributed by atoms with Crippen molar-refractivity contribution < 1.29 is 4.79 Å².